The van der Waals surface area contributed by atoms with E-state index in [9.17, 15) is 14.7 Å². The first-order valence-electron chi connectivity index (χ1n) is 13.0. The molecule has 9 nitrogen and oxygen atoms in total. The molecule has 3 heterocycles. The molecule has 2 N–H and O–H groups in total. The third-order valence-corrected chi connectivity index (χ3v) is 6.66. The van der Waals surface area contributed by atoms with Crippen molar-refractivity contribution in [2.45, 2.75) is 71.9 Å². The molecule has 0 aliphatic carbocycles. The van der Waals surface area contributed by atoms with Gasteiger partial charge in [-0.15, -0.1) is 0 Å². The van der Waals surface area contributed by atoms with Crippen LogP contribution in [0.15, 0.2) is 35.3 Å². The largest absolute Gasteiger partial charge is 0.464 e. The number of aryl methyl sites for hydroxylation is 2. The number of rotatable bonds is 10. The van der Waals surface area contributed by atoms with Crippen LogP contribution in [0.4, 0.5) is 0 Å². The molecular weight excluding hydrogens is 472 g/mol. The molecule has 1 fully saturated rings. The molecule has 1 saturated heterocycles. The number of aromatic nitrogens is 3. The van der Waals surface area contributed by atoms with Crippen molar-refractivity contribution in [1.29, 1.82) is 0 Å². The standard InChI is InChI=1S/C28H38N4O5/c1-17(2)16-37-28(35)25(19(4)33)29-13-20-8-9-24-23(12-20)30-26(32(24)15-22-7-6-10-36-22)21-11-18(3)27(34)31(5)14-21/h8-9,11-12,14,17,19,22,25,29,33H,6-7,10,13,15-16H2,1-5H3/t19?,22-,25?/m0/s1. The molecule has 0 amide bonds. The number of aliphatic hydroxyl groups excluding tert-OH is 1. The molecule has 0 radical (unpaired) electrons. The van der Waals surface area contributed by atoms with E-state index in [2.05, 4.69) is 9.88 Å². The minimum absolute atomic E-state index is 0.0292. The van der Waals surface area contributed by atoms with Crippen molar-refractivity contribution in [3.05, 3.63) is 51.9 Å². The molecule has 200 valence electrons. The van der Waals surface area contributed by atoms with Gasteiger partial charge in [0.2, 0.25) is 0 Å². The molecule has 2 unspecified atom stereocenters. The van der Waals surface area contributed by atoms with Crippen LogP contribution in [0.2, 0.25) is 0 Å². The molecule has 1 aliphatic rings. The number of ether oxygens (including phenoxy) is 2. The normalized spacial score (nSPS) is 17.4. The van der Waals surface area contributed by atoms with E-state index in [-0.39, 0.29) is 17.6 Å². The van der Waals surface area contributed by atoms with E-state index in [1.165, 1.54) is 0 Å². The van der Waals surface area contributed by atoms with Gasteiger partial charge in [-0.2, -0.15) is 0 Å². The van der Waals surface area contributed by atoms with Crippen LogP contribution in [0, 0.1) is 12.8 Å². The zero-order chi connectivity index (χ0) is 26.7. The number of hydrogen-bond donors (Lipinski definition) is 2. The number of nitrogens with zero attached hydrogens (tertiary/aromatic N) is 3. The second-order valence-corrected chi connectivity index (χ2v) is 10.5. The van der Waals surface area contributed by atoms with Crippen LogP contribution >= 0.6 is 0 Å². The summed E-state index contributed by atoms with van der Waals surface area (Å²) in [6.45, 7) is 9.45. The van der Waals surface area contributed by atoms with Crippen molar-refractivity contribution in [1.82, 2.24) is 19.4 Å². The highest BCUT2D eigenvalue weighted by atomic mass is 16.5. The predicted molar refractivity (Wildman–Crippen MR) is 142 cm³/mol. The van der Waals surface area contributed by atoms with Crippen molar-refractivity contribution in [2.24, 2.45) is 13.0 Å². The zero-order valence-corrected chi connectivity index (χ0v) is 22.4. The molecule has 0 saturated carbocycles. The Labute approximate surface area is 217 Å². The summed E-state index contributed by atoms with van der Waals surface area (Å²) < 4.78 is 15.0. The molecule has 0 spiro atoms. The summed E-state index contributed by atoms with van der Waals surface area (Å²) in [6, 6.07) is 7.08. The van der Waals surface area contributed by atoms with Gasteiger partial charge in [-0.25, -0.2) is 4.98 Å². The van der Waals surface area contributed by atoms with Crippen molar-refractivity contribution in [2.75, 3.05) is 13.2 Å². The van der Waals surface area contributed by atoms with E-state index in [1.807, 2.05) is 51.2 Å². The van der Waals surface area contributed by atoms with Gasteiger partial charge in [0.1, 0.15) is 11.9 Å². The Morgan fingerprint density at radius 1 is 1.30 bits per heavy atom. The smallest absolute Gasteiger partial charge is 0.325 e. The molecule has 3 aromatic rings. The highest BCUT2D eigenvalue weighted by Crippen LogP contribution is 2.28. The quantitative estimate of drug-likeness (QED) is 0.404. The molecule has 4 rings (SSSR count). The van der Waals surface area contributed by atoms with E-state index < -0.39 is 18.1 Å². The van der Waals surface area contributed by atoms with Crippen molar-refractivity contribution in [3.63, 3.8) is 0 Å². The lowest BCUT2D eigenvalue weighted by atomic mass is 10.1. The van der Waals surface area contributed by atoms with E-state index in [0.717, 1.165) is 47.4 Å². The molecule has 2 aromatic heterocycles. The third-order valence-electron chi connectivity index (χ3n) is 6.66. The number of benzene rings is 1. The summed E-state index contributed by atoms with van der Waals surface area (Å²) in [5.41, 5.74) is 4.22. The summed E-state index contributed by atoms with van der Waals surface area (Å²) in [5.74, 6) is 0.544. The summed E-state index contributed by atoms with van der Waals surface area (Å²) in [5, 5.41) is 13.3. The third kappa shape index (κ3) is 6.29. The van der Waals surface area contributed by atoms with Gasteiger partial charge < -0.3 is 23.7 Å². The van der Waals surface area contributed by atoms with Crippen LogP contribution in [0.1, 0.15) is 44.7 Å². The fourth-order valence-corrected chi connectivity index (χ4v) is 4.70. The number of carbonyl (C=O) groups is 1. The Balaban J connectivity index is 1.63. The highest BCUT2D eigenvalue weighted by Gasteiger charge is 2.25. The van der Waals surface area contributed by atoms with Crippen LogP contribution in [0.5, 0.6) is 0 Å². The number of pyridine rings is 1. The highest BCUT2D eigenvalue weighted by molar-refractivity contribution is 5.81. The monoisotopic (exact) mass is 510 g/mol. The summed E-state index contributed by atoms with van der Waals surface area (Å²) >= 11 is 0. The lowest BCUT2D eigenvalue weighted by Gasteiger charge is -2.20. The number of esters is 1. The Morgan fingerprint density at radius 2 is 2.08 bits per heavy atom. The molecule has 3 atom stereocenters. The lowest BCUT2D eigenvalue weighted by molar-refractivity contribution is -0.150. The topological polar surface area (TPSA) is 108 Å². The maximum Gasteiger partial charge on any atom is 0.325 e. The average Bonchev–Trinajstić information content (AvgIpc) is 3.49. The zero-order valence-electron chi connectivity index (χ0n) is 22.4. The number of aliphatic hydroxyl groups is 1. The van der Waals surface area contributed by atoms with Gasteiger partial charge in [0.15, 0.2) is 0 Å². The summed E-state index contributed by atoms with van der Waals surface area (Å²) in [4.78, 5) is 29.7. The van der Waals surface area contributed by atoms with E-state index in [0.29, 0.717) is 25.3 Å². The van der Waals surface area contributed by atoms with Gasteiger partial charge in [-0.1, -0.05) is 19.9 Å². The van der Waals surface area contributed by atoms with Crippen molar-refractivity contribution in [3.8, 4) is 11.4 Å². The Kier molecular flexibility index (Phi) is 8.46. The number of hydrogen-bond acceptors (Lipinski definition) is 7. The maximum absolute atomic E-state index is 12.5. The number of fused-ring (bicyclic) bond motifs is 1. The molecular formula is C28H38N4O5. The number of carbonyl (C=O) groups excluding carboxylic acids is 1. The van der Waals surface area contributed by atoms with Gasteiger partial charge in [-0.3, -0.25) is 14.9 Å². The second kappa shape index (κ2) is 11.6. The van der Waals surface area contributed by atoms with Crippen molar-refractivity contribution >= 4 is 17.0 Å². The fraction of sp³-hybridized carbons (Fsp3) is 0.536. The van der Waals surface area contributed by atoms with Gasteiger partial charge in [0.25, 0.3) is 5.56 Å². The average molecular weight is 511 g/mol. The van der Waals surface area contributed by atoms with Crippen LogP contribution in [0.25, 0.3) is 22.4 Å². The van der Waals surface area contributed by atoms with E-state index in [1.54, 1.807) is 18.5 Å². The Hall–Kier alpha value is -3.01. The summed E-state index contributed by atoms with van der Waals surface area (Å²) in [7, 11) is 1.75. The minimum Gasteiger partial charge on any atom is -0.464 e. The van der Waals surface area contributed by atoms with Crippen LogP contribution in [-0.4, -0.2) is 56.7 Å². The maximum atomic E-state index is 12.5. The van der Waals surface area contributed by atoms with Crippen LogP contribution < -0.4 is 10.9 Å². The first-order chi connectivity index (χ1) is 17.6. The Bertz CT molecular complexity index is 1280. The van der Waals surface area contributed by atoms with Gasteiger partial charge in [-0.05, 0) is 56.4 Å². The van der Waals surface area contributed by atoms with Gasteiger partial charge >= 0.3 is 5.97 Å². The predicted octanol–water partition coefficient (Wildman–Crippen LogP) is 2.93. The SMILES string of the molecule is Cc1cc(-c2nc3cc(CNC(C(=O)OCC(C)C)C(C)O)ccc3n2C[C@@H]2CCCO2)cn(C)c1=O. The summed E-state index contributed by atoms with van der Waals surface area (Å²) in [6.07, 6.45) is 3.09. The molecule has 9 heteroatoms. The van der Waals surface area contributed by atoms with Gasteiger partial charge in [0, 0.05) is 37.5 Å². The first-order valence-corrected chi connectivity index (χ1v) is 13.0. The van der Waals surface area contributed by atoms with E-state index >= 15 is 0 Å². The number of nitrogens with one attached hydrogen (secondary N) is 1. The van der Waals surface area contributed by atoms with Gasteiger partial charge in [0.05, 0.1) is 36.4 Å². The fourth-order valence-electron chi connectivity index (χ4n) is 4.70. The number of imidazole rings is 1. The minimum atomic E-state index is -0.895. The molecule has 1 aliphatic heterocycles. The lowest BCUT2D eigenvalue weighted by Crippen LogP contribution is -2.45. The van der Waals surface area contributed by atoms with Crippen molar-refractivity contribution < 1.29 is 19.4 Å². The van der Waals surface area contributed by atoms with Crippen LogP contribution in [-0.2, 0) is 34.4 Å². The Morgan fingerprint density at radius 3 is 2.73 bits per heavy atom. The van der Waals surface area contributed by atoms with Crippen LogP contribution in [0.3, 0.4) is 0 Å². The molecule has 37 heavy (non-hydrogen) atoms. The molecule has 1 aromatic carbocycles. The molecule has 0 bridgehead atoms. The second-order valence-electron chi connectivity index (χ2n) is 10.5. The van der Waals surface area contributed by atoms with E-state index in [4.69, 9.17) is 14.5 Å². The first kappa shape index (κ1) is 27.0.